The van der Waals surface area contributed by atoms with E-state index in [0.717, 1.165) is 12.8 Å². The predicted molar refractivity (Wildman–Crippen MR) is 119 cm³/mol. The second kappa shape index (κ2) is 8.97. The highest BCUT2D eigenvalue weighted by atomic mass is 16.6. The summed E-state index contributed by atoms with van der Waals surface area (Å²) in [6.45, 7) is 2.52. The second-order valence-electron chi connectivity index (χ2n) is 7.23. The van der Waals surface area contributed by atoms with Gasteiger partial charge in [-0.25, -0.2) is 0 Å². The minimum Gasteiger partial charge on any atom is -0.497 e. The van der Waals surface area contributed by atoms with Gasteiger partial charge in [0, 0.05) is 6.54 Å². The van der Waals surface area contributed by atoms with Gasteiger partial charge in [0.2, 0.25) is 0 Å². The van der Waals surface area contributed by atoms with E-state index in [9.17, 15) is 14.9 Å². The number of methoxy groups -OCH3 is 1. The van der Waals surface area contributed by atoms with Crippen molar-refractivity contribution in [1.29, 1.82) is 0 Å². The van der Waals surface area contributed by atoms with Crippen LogP contribution >= 0.6 is 0 Å². The summed E-state index contributed by atoms with van der Waals surface area (Å²) in [7, 11) is 1.55. The minimum atomic E-state index is -0.541. The molecule has 0 spiro atoms. The molecule has 4 rings (SSSR count). The van der Waals surface area contributed by atoms with E-state index in [0.29, 0.717) is 29.5 Å². The van der Waals surface area contributed by atoms with Gasteiger partial charge < -0.3 is 19.1 Å². The van der Waals surface area contributed by atoms with Crippen molar-refractivity contribution in [3.05, 3.63) is 76.3 Å². The maximum atomic E-state index is 13.7. The van der Waals surface area contributed by atoms with Crippen LogP contribution in [0.15, 0.2) is 60.7 Å². The van der Waals surface area contributed by atoms with Crippen LogP contribution in [0, 0.1) is 10.1 Å². The lowest BCUT2D eigenvalue weighted by atomic mass is 10.1. The van der Waals surface area contributed by atoms with Gasteiger partial charge in [-0.2, -0.15) is 0 Å². The third-order valence-corrected chi connectivity index (χ3v) is 5.12. The Balaban J connectivity index is 1.86. The van der Waals surface area contributed by atoms with Crippen LogP contribution in [0.1, 0.15) is 30.1 Å². The third-order valence-electron chi connectivity index (χ3n) is 5.12. The standard InChI is InChI=1S/C24H22N2O6/c1-3-4-13-25-19-7-5-6-8-20(19)32-22-15-16(26(28)29)14-21(23(22)24(25)27)31-18-11-9-17(30-2)10-12-18/h5-12,14-15H,3-4,13H2,1-2H3. The number of nitro benzene ring substituents is 1. The van der Waals surface area contributed by atoms with Crippen LogP contribution in [-0.2, 0) is 0 Å². The van der Waals surface area contributed by atoms with Gasteiger partial charge >= 0.3 is 0 Å². The number of amides is 1. The summed E-state index contributed by atoms with van der Waals surface area (Å²) in [6.07, 6.45) is 1.69. The van der Waals surface area contributed by atoms with Crippen LogP contribution in [0.2, 0.25) is 0 Å². The van der Waals surface area contributed by atoms with Crippen molar-refractivity contribution in [2.24, 2.45) is 0 Å². The summed E-state index contributed by atoms with van der Waals surface area (Å²) >= 11 is 0. The largest absolute Gasteiger partial charge is 0.497 e. The Kier molecular flexibility index (Phi) is 5.93. The summed E-state index contributed by atoms with van der Waals surface area (Å²) in [4.78, 5) is 26.3. The summed E-state index contributed by atoms with van der Waals surface area (Å²) in [6, 6.07) is 16.4. The zero-order valence-electron chi connectivity index (χ0n) is 17.7. The molecule has 3 aromatic carbocycles. The molecule has 1 amide bonds. The number of carbonyl (C=O) groups is 1. The monoisotopic (exact) mass is 434 g/mol. The van der Waals surface area contributed by atoms with E-state index in [2.05, 4.69) is 0 Å². The molecule has 164 valence electrons. The predicted octanol–water partition coefficient (Wildman–Crippen LogP) is 5.95. The number of nitrogens with zero attached hydrogens (tertiary/aromatic N) is 2. The Labute approximate surface area is 185 Å². The highest BCUT2D eigenvalue weighted by Gasteiger charge is 2.33. The van der Waals surface area contributed by atoms with Crippen molar-refractivity contribution in [3.8, 4) is 28.7 Å². The Morgan fingerprint density at radius 2 is 1.75 bits per heavy atom. The highest BCUT2D eigenvalue weighted by Crippen LogP contribution is 2.45. The number of para-hydroxylation sites is 2. The number of non-ortho nitro benzene ring substituents is 1. The van der Waals surface area contributed by atoms with E-state index in [1.165, 1.54) is 12.1 Å². The Morgan fingerprint density at radius 3 is 2.44 bits per heavy atom. The Hall–Kier alpha value is -4.07. The molecule has 0 aromatic heterocycles. The van der Waals surface area contributed by atoms with Gasteiger partial charge in [0.15, 0.2) is 17.2 Å². The average molecular weight is 434 g/mol. The lowest BCUT2D eigenvalue weighted by molar-refractivity contribution is -0.385. The summed E-state index contributed by atoms with van der Waals surface area (Å²) in [5, 5.41) is 11.6. The molecule has 0 saturated carbocycles. The van der Waals surface area contributed by atoms with Crippen molar-refractivity contribution in [3.63, 3.8) is 0 Å². The van der Waals surface area contributed by atoms with Gasteiger partial charge in [-0.1, -0.05) is 25.5 Å². The lowest BCUT2D eigenvalue weighted by Gasteiger charge is -2.22. The minimum absolute atomic E-state index is 0.0543. The van der Waals surface area contributed by atoms with E-state index in [1.807, 2.05) is 13.0 Å². The van der Waals surface area contributed by atoms with Crippen LogP contribution in [-0.4, -0.2) is 24.5 Å². The smallest absolute Gasteiger partial charge is 0.276 e. The van der Waals surface area contributed by atoms with Gasteiger partial charge in [-0.3, -0.25) is 14.9 Å². The molecule has 1 aliphatic rings. The molecule has 0 aliphatic carbocycles. The number of carbonyl (C=O) groups excluding carboxylic acids is 1. The first-order chi connectivity index (χ1) is 15.5. The number of ether oxygens (including phenoxy) is 3. The molecule has 8 nitrogen and oxygen atoms in total. The summed E-state index contributed by atoms with van der Waals surface area (Å²) < 4.78 is 17.1. The van der Waals surface area contributed by atoms with Crippen molar-refractivity contribution >= 4 is 17.3 Å². The molecule has 32 heavy (non-hydrogen) atoms. The first-order valence-electron chi connectivity index (χ1n) is 10.2. The molecule has 0 bridgehead atoms. The molecule has 0 unspecified atom stereocenters. The Morgan fingerprint density at radius 1 is 1.03 bits per heavy atom. The van der Waals surface area contributed by atoms with E-state index in [1.54, 1.807) is 54.5 Å². The van der Waals surface area contributed by atoms with E-state index >= 15 is 0 Å². The molecule has 0 fully saturated rings. The zero-order chi connectivity index (χ0) is 22.7. The number of unbranched alkanes of at least 4 members (excludes halogenated alkanes) is 1. The van der Waals surface area contributed by atoms with Crippen LogP contribution in [0.4, 0.5) is 11.4 Å². The number of rotatable bonds is 7. The van der Waals surface area contributed by atoms with Gasteiger partial charge in [0.1, 0.15) is 17.1 Å². The molecule has 0 N–H and O–H groups in total. The second-order valence-corrected chi connectivity index (χ2v) is 7.23. The number of nitro groups is 1. The van der Waals surface area contributed by atoms with Gasteiger partial charge in [-0.05, 0) is 42.8 Å². The average Bonchev–Trinajstić information content (AvgIpc) is 2.92. The fourth-order valence-electron chi connectivity index (χ4n) is 3.49. The fourth-order valence-corrected chi connectivity index (χ4v) is 3.49. The lowest BCUT2D eigenvalue weighted by Crippen LogP contribution is -2.31. The Bertz CT molecular complexity index is 1160. The molecule has 1 aliphatic heterocycles. The van der Waals surface area contributed by atoms with Crippen molar-refractivity contribution < 1.29 is 23.9 Å². The number of benzene rings is 3. The molecular formula is C24H22N2O6. The molecule has 0 atom stereocenters. The number of hydrogen-bond donors (Lipinski definition) is 0. The molecule has 0 saturated heterocycles. The maximum Gasteiger partial charge on any atom is 0.276 e. The quantitative estimate of drug-likeness (QED) is 0.337. The molecular weight excluding hydrogens is 412 g/mol. The van der Waals surface area contributed by atoms with Gasteiger partial charge in [0.05, 0.1) is 29.9 Å². The van der Waals surface area contributed by atoms with Gasteiger partial charge in [-0.15, -0.1) is 0 Å². The van der Waals surface area contributed by atoms with Gasteiger partial charge in [0.25, 0.3) is 11.6 Å². The zero-order valence-corrected chi connectivity index (χ0v) is 17.7. The topological polar surface area (TPSA) is 91.1 Å². The van der Waals surface area contributed by atoms with Crippen LogP contribution in [0.3, 0.4) is 0 Å². The first kappa shape index (κ1) is 21.2. The van der Waals surface area contributed by atoms with Crippen LogP contribution in [0.25, 0.3) is 0 Å². The fraction of sp³-hybridized carbons (Fsp3) is 0.208. The number of hydrogen-bond acceptors (Lipinski definition) is 6. The van der Waals surface area contributed by atoms with Crippen molar-refractivity contribution in [2.45, 2.75) is 19.8 Å². The SMILES string of the molecule is CCCCN1C(=O)c2c(Oc3ccc(OC)cc3)cc([N+](=O)[O-])cc2Oc2ccccc21. The highest BCUT2D eigenvalue weighted by molar-refractivity contribution is 6.11. The first-order valence-corrected chi connectivity index (χ1v) is 10.2. The van der Waals surface area contributed by atoms with E-state index in [-0.39, 0.29) is 28.7 Å². The van der Waals surface area contributed by atoms with Crippen molar-refractivity contribution in [1.82, 2.24) is 0 Å². The van der Waals surface area contributed by atoms with E-state index in [4.69, 9.17) is 14.2 Å². The normalized spacial score (nSPS) is 12.3. The van der Waals surface area contributed by atoms with Crippen molar-refractivity contribution in [2.75, 3.05) is 18.6 Å². The summed E-state index contributed by atoms with van der Waals surface area (Å²) in [5.74, 6) is 1.29. The maximum absolute atomic E-state index is 13.7. The third kappa shape index (κ3) is 4.07. The molecule has 0 radical (unpaired) electrons. The van der Waals surface area contributed by atoms with Crippen LogP contribution in [0.5, 0.6) is 28.7 Å². The molecule has 3 aromatic rings. The molecule has 8 heteroatoms. The van der Waals surface area contributed by atoms with E-state index < -0.39 is 4.92 Å². The number of anilines is 1. The van der Waals surface area contributed by atoms with Crippen LogP contribution < -0.4 is 19.1 Å². The summed E-state index contributed by atoms with van der Waals surface area (Å²) in [5.41, 5.74) is 0.512. The molecule has 1 heterocycles. The number of fused-ring (bicyclic) bond motifs is 2.